The van der Waals surface area contributed by atoms with Gasteiger partial charge in [-0.1, -0.05) is 6.42 Å². The van der Waals surface area contributed by atoms with Crippen LogP contribution in [-0.4, -0.2) is 40.0 Å². The number of hydrogen-bond donors (Lipinski definition) is 1. The number of hydrogen-bond acceptors (Lipinski definition) is 3. The highest BCUT2D eigenvalue weighted by Crippen LogP contribution is 2.49. The number of carbonyl (C=O) groups is 2. The van der Waals surface area contributed by atoms with Crippen LogP contribution in [0.25, 0.3) is 0 Å². The monoisotopic (exact) mass is 296 g/mol. The van der Waals surface area contributed by atoms with E-state index in [1.165, 1.54) is 4.90 Å². The quantitative estimate of drug-likeness (QED) is 0.901. The second kappa shape index (κ2) is 4.75. The van der Waals surface area contributed by atoms with Crippen molar-refractivity contribution in [1.29, 1.82) is 0 Å². The summed E-state index contributed by atoms with van der Waals surface area (Å²) in [6.07, 6.45) is 2.87. The number of aromatic nitrogens is 1. The van der Waals surface area contributed by atoms with Crippen LogP contribution in [0.3, 0.4) is 0 Å². The van der Waals surface area contributed by atoms with Gasteiger partial charge in [0, 0.05) is 19.2 Å². The van der Waals surface area contributed by atoms with Crippen molar-refractivity contribution >= 4 is 11.9 Å². The molecule has 1 N–H and O–H groups in total. The number of fused-ring (bicyclic) bond motifs is 1. The van der Waals surface area contributed by atoms with Crippen molar-refractivity contribution in [3.63, 3.8) is 0 Å². The molecule has 7 heteroatoms. The zero-order chi connectivity index (χ0) is 15.2. The molecule has 0 radical (unpaired) electrons. The van der Waals surface area contributed by atoms with Gasteiger partial charge in [-0.3, -0.25) is 9.59 Å². The van der Waals surface area contributed by atoms with Gasteiger partial charge in [0.2, 0.25) is 0 Å². The number of carboxylic acid groups (broad SMARTS) is 1. The molecule has 112 valence electrons. The fraction of sp³-hybridized carbons (Fsp3) is 0.500. The van der Waals surface area contributed by atoms with E-state index in [0.717, 1.165) is 19.0 Å². The molecule has 2 heterocycles. The van der Waals surface area contributed by atoms with E-state index in [4.69, 9.17) is 0 Å². The van der Waals surface area contributed by atoms with E-state index in [0.29, 0.717) is 12.5 Å². The number of rotatable bonds is 2. The van der Waals surface area contributed by atoms with Gasteiger partial charge in [0.1, 0.15) is 5.82 Å². The van der Waals surface area contributed by atoms with E-state index in [1.54, 1.807) is 0 Å². The number of nitrogens with zero attached hydrogens (tertiary/aromatic N) is 2. The Bertz CT molecular complexity index is 622. The first kappa shape index (κ1) is 13.9. The lowest BCUT2D eigenvalue weighted by Crippen LogP contribution is -2.37. The third-order valence-electron chi connectivity index (χ3n) is 4.59. The van der Waals surface area contributed by atoms with Crippen molar-refractivity contribution in [2.24, 2.45) is 11.3 Å². The maximum absolute atomic E-state index is 13.6. The molecule has 1 saturated heterocycles. The highest BCUT2D eigenvalue weighted by atomic mass is 19.1. The summed E-state index contributed by atoms with van der Waals surface area (Å²) in [4.78, 5) is 28.6. The van der Waals surface area contributed by atoms with Gasteiger partial charge in [0.25, 0.3) is 5.91 Å². The Kier molecular flexibility index (Phi) is 3.15. The summed E-state index contributed by atoms with van der Waals surface area (Å²) in [6, 6.07) is 0.601. The summed E-state index contributed by atoms with van der Waals surface area (Å²) in [7, 11) is 0. The highest BCUT2D eigenvalue weighted by molar-refractivity contribution is 5.93. The molecule has 0 aromatic carbocycles. The number of likely N-dealkylation sites (tertiary alicyclic amines) is 1. The fourth-order valence-corrected chi connectivity index (χ4v) is 3.52. The van der Waals surface area contributed by atoms with Crippen LogP contribution >= 0.6 is 0 Å². The molecular formula is C14H14F2N2O3. The molecule has 1 aliphatic carbocycles. The van der Waals surface area contributed by atoms with E-state index in [-0.39, 0.29) is 19.0 Å². The van der Waals surface area contributed by atoms with Crippen molar-refractivity contribution in [2.75, 3.05) is 13.1 Å². The molecule has 21 heavy (non-hydrogen) atoms. The second-order valence-corrected chi connectivity index (χ2v) is 5.72. The van der Waals surface area contributed by atoms with Crippen molar-refractivity contribution in [3.8, 4) is 0 Å². The largest absolute Gasteiger partial charge is 0.481 e. The molecule has 1 aromatic heterocycles. The second-order valence-electron chi connectivity index (χ2n) is 5.72. The van der Waals surface area contributed by atoms with Gasteiger partial charge in [-0.05, 0) is 18.8 Å². The standard InChI is InChI=1S/C14H14F2N2O3/c15-9-4-10(16)11(17-5-9)12(19)18-6-8-2-1-3-14(8,7-18)13(20)21/h4-5,8H,1-3,6-7H2,(H,20,21)/t8-,14+/m0/s1. The summed E-state index contributed by atoms with van der Waals surface area (Å²) < 4.78 is 26.5. The van der Waals surface area contributed by atoms with Crippen molar-refractivity contribution in [3.05, 3.63) is 29.6 Å². The molecule has 5 nitrogen and oxygen atoms in total. The lowest BCUT2D eigenvalue weighted by atomic mass is 9.81. The fourth-order valence-electron chi connectivity index (χ4n) is 3.52. The molecule has 2 atom stereocenters. The summed E-state index contributed by atoms with van der Waals surface area (Å²) in [6.45, 7) is 0.341. The maximum Gasteiger partial charge on any atom is 0.311 e. The summed E-state index contributed by atoms with van der Waals surface area (Å²) in [5.74, 6) is -3.58. The van der Waals surface area contributed by atoms with Gasteiger partial charge >= 0.3 is 5.97 Å². The topological polar surface area (TPSA) is 70.5 Å². The van der Waals surface area contributed by atoms with Crippen molar-refractivity contribution < 1.29 is 23.5 Å². The molecule has 1 saturated carbocycles. The summed E-state index contributed by atoms with van der Waals surface area (Å²) >= 11 is 0. The Hall–Kier alpha value is -2.05. The van der Waals surface area contributed by atoms with Gasteiger partial charge in [0.15, 0.2) is 11.5 Å². The van der Waals surface area contributed by atoms with E-state index >= 15 is 0 Å². The Morgan fingerprint density at radius 2 is 2.19 bits per heavy atom. The minimum atomic E-state index is -1.03. The van der Waals surface area contributed by atoms with E-state index in [1.807, 2.05) is 0 Å². The molecule has 1 aliphatic heterocycles. The molecule has 1 aromatic rings. The van der Waals surface area contributed by atoms with Crippen LogP contribution in [0.1, 0.15) is 29.8 Å². The van der Waals surface area contributed by atoms with Gasteiger partial charge in [-0.15, -0.1) is 0 Å². The Morgan fingerprint density at radius 1 is 1.43 bits per heavy atom. The first-order valence-electron chi connectivity index (χ1n) is 6.78. The van der Waals surface area contributed by atoms with E-state index in [9.17, 15) is 23.5 Å². The average Bonchev–Trinajstić information content (AvgIpc) is 2.95. The van der Waals surface area contributed by atoms with Gasteiger partial charge in [0.05, 0.1) is 11.6 Å². The number of halogens is 2. The summed E-state index contributed by atoms with van der Waals surface area (Å²) in [5.41, 5.74) is -1.39. The third-order valence-corrected chi connectivity index (χ3v) is 4.59. The predicted octanol–water partition coefficient (Wildman–Crippen LogP) is 1.69. The zero-order valence-electron chi connectivity index (χ0n) is 11.2. The highest BCUT2D eigenvalue weighted by Gasteiger charge is 2.56. The zero-order valence-corrected chi connectivity index (χ0v) is 11.2. The normalized spacial score (nSPS) is 27.7. The molecular weight excluding hydrogens is 282 g/mol. The minimum Gasteiger partial charge on any atom is -0.481 e. The van der Waals surface area contributed by atoms with Crippen LogP contribution < -0.4 is 0 Å². The van der Waals surface area contributed by atoms with Crippen molar-refractivity contribution in [1.82, 2.24) is 9.88 Å². The van der Waals surface area contributed by atoms with Crippen LogP contribution in [0.2, 0.25) is 0 Å². The lowest BCUT2D eigenvalue weighted by Gasteiger charge is -2.23. The van der Waals surface area contributed by atoms with Gasteiger partial charge in [-0.2, -0.15) is 0 Å². The molecule has 0 unspecified atom stereocenters. The molecule has 3 rings (SSSR count). The molecule has 0 spiro atoms. The first-order chi connectivity index (χ1) is 9.94. The Labute approximate surface area is 119 Å². The Morgan fingerprint density at radius 3 is 2.81 bits per heavy atom. The molecule has 1 amide bonds. The third kappa shape index (κ3) is 2.07. The van der Waals surface area contributed by atoms with Crippen molar-refractivity contribution in [2.45, 2.75) is 19.3 Å². The summed E-state index contributed by atoms with van der Waals surface area (Å²) in [5, 5.41) is 9.46. The smallest absolute Gasteiger partial charge is 0.311 e. The molecule has 2 aliphatic rings. The number of aliphatic carboxylic acids is 1. The van der Waals surface area contributed by atoms with Crippen LogP contribution in [0, 0.1) is 23.0 Å². The number of carbonyl (C=O) groups excluding carboxylic acids is 1. The SMILES string of the molecule is O=C(c1ncc(F)cc1F)N1C[C@@H]2CCC[C@@]2(C(=O)O)C1. The van der Waals surface area contributed by atoms with Gasteiger partial charge in [-0.25, -0.2) is 13.8 Å². The Balaban J connectivity index is 1.86. The first-order valence-corrected chi connectivity index (χ1v) is 6.78. The van der Waals surface area contributed by atoms with Crippen LogP contribution in [0.15, 0.2) is 12.3 Å². The lowest BCUT2D eigenvalue weighted by molar-refractivity contribution is -0.149. The maximum atomic E-state index is 13.6. The predicted molar refractivity (Wildman–Crippen MR) is 67.5 cm³/mol. The van der Waals surface area contributed by atoms with E-state index in [2.05, 4.69) is 4.98 Å². The average molecular weight is 296 g/mol. The van der Waals surface area contributed by atoms with Crippen LogP contribution in [0.4, 0.5) is 8.78 Å². The molecule has 2 fully saturated rings. The van der Waals surface area contributed by atoms with Gasteiger partial charge < -0.3 is 10.0 Å². The van der Waals surface area contributed by atoms with Crippen LogP contribution in [0.5, 0.6) is 0 Å². The minimum absolute atomic E-state index is 0.0599. The van der Waals surface area contributed by atoms with Crippen LogP contribution in [-0.2, 0) is 4.79 Å². The number of amides is 1. The number of carboxylic acids is 1. The number of pyridine rings is 1. The van der Waals surface area contributed by atoms with E-state index < -0.39 is 34.6 Å². The molecule has 0 bridgehead atoms.